The molecule has 7 heteroatoms. The van der Waals surface area contributed by atoms with Gasteiger partial charge < -0.3 is 21.6 Å². The van der Waals surface area contributed by atoms with Crippen LogP contribution in [-0.4, -0.2) is 23.6 Å². The zero-order valence-electron chi connectivity index (χ0n) is 9.90. The number of amidine groups is 1. The van der Waals surface area contributed by atoms with E-state index in [0.29, 0.717) is 6.54 Å². The van der Waals surface area contributed by atoms with Crippen molar-refractivity contribution in [3.05, 3.63) is 29.6 Å². The quantitative estimate of drug-likeness (QED) is 0.283. The molecule has 0 aliphatic carbocycles. The predicted octanol–water partition coefficient (Wildman–Crippen LogP) is 1.45. The number of anilines is 1. The first-order valence-electron chi connectivity index (χ1n) is 5.40. The molecule has 0 aliphatic heterocycles. The highest BCUT2D eigenvalue weighted by Crippen LogP contribution is 2.15. The molecule has 0 saturated heterocycles. The molecule has 0 bridgehead atoms. The van der Waals surface area contributed by atoms with E-state index in [1.165, 1.54) is 12.1 Å². The standard InChI is InChI=1S/C11H15FN4O2/c1-2-5-14-11(17)15-9-4-3-7(6-8(9)12)10(13)16-18/h3-4,6,18H,2,5H2,1H3,(H2,13,16)(H2,14,15,17). The summed E-state index contributed by atoms with van der Waals surface area (Å²) in [5, 5.41) is 16.1. The van der Waals surface area contributed by atoms with Crippen molar-refractivity contribution in [3.63, 3.8) is 0 Å². The minimum Gasteiger partial charge on any atom is -0.409 e. The molecule has 0 fully saturated rings. The summed E-state index contributed by atoms with van der Waals surface area (Å²) in [6.07, 6.45) is 0.790. The summed E-state index contributed by atoms with van der Waals surface area (Å²) in [5.41, 5.74) is 5.57. The van der Waals surface area contributed by atoms with E-state index in [-0.39, 0.29) is 17.1 Å². The number of carbonyl (C=O) groups is 1. The largest absolute Gasteiger partial charge is 0.409 e. The monoisotopic (exact) mass is 254 g/mol. The van der Waals surface area contributed by atoms with Crippen LogP contribution in [0.1, 0.15) is 18.9 Å². The molecule has 98 valence electrons. The van der Waals surface area contributed by atoms with Gasteiger partial charge in [0.15, 0.2) is 5.84 Å². The van der Waals surface area contributed by atoms with Gasteiger partial charge in [-0.25, -0.2) is 9.18 Å². The maximum atomic E-state index is 13.6. The maximum absolute atomic E-state index is 13.6. The lowest BCUT2D eigenvalue weighted by Crippen LogP contribution is -2.29. The molecule has 0 aromatic heterocycles. The molecule has 1 aromatic rings. The van der Waals surface area contributed by atoms with Crippen LogP contribution < -0.4 is 16.4 Å². The summed E-state index contributed by atoms with van der Waals surface area (Å²) >= 11 is 0. The molecule has 6 nitrogen and oxygen atoms in total. The summed E-state index contributed by atoms with van der Waals surface area (Å²) in [6.45, 7) is 2.42. The van der Waals surface area contributed by atoms with Crippen molar-refractivity contribution >= 4 is 17.6 Å². The Bertz CT molecular complexity index is 462. The molecular weight excluding hydrogens is 239 g/mol. The van der Waals surface area contributed by atoms with Gasteiger partial charge in [0.05, 0.1) is 5.69 Å². The second-order valence-corrected chi connectivity index (χ2v) is 3.56. The van der Waals surface area contributed by atoms with Gasteiger partial charge in [0, 0.05) is 12.1 Å². The molecule has 2 amide bonds. The highest BCUT2D eigenvalue weighted by Gasteiger charge is 2.08. The van der Waals surface area contributed by atoms with Crippen molar-refractivity contribution in [1.82, 2.24) is 5.32 Å². The van der Waals surface area contributed by atoms with Crippen molar-refractivity contribution in [1.29, 1.82) is 0 Å². The second-order valence-electron chi connectivity index (χ2n) is 3.56. The molecule has 1 rings (SSSR count). The van der Waals surface area contributed by atoms with Gasteiger partial charge in [-0.15, -0.1) is 0 Å². The zero-order valence-corrected chi connectivity index (χ0v) is 9.90. The summed E-state index contributed by atoms with van der Waals surface area (Å²) in [7, 11) is 0. The van der Waals surface area contributed by atoms with Crippen LogP contribution in [0.2, 0.25) is 0 Å². The number of rotatable bonds is 4. The fourth-order valence-corrected chi connectivity index (χ4v) is 1.24. The van der Waals surface area contributed by atoms with Gasteiger partial charge in [-0.05, 0) is 24.6 Å². The lowest BCUT2D eigenvalue weighted by atomic mass is 10.2. The number of carbonyl (C=O) groups excluding carboxylic acids is 1. The van der Waals surface area contributed by atoms with Gasteiger partial charge in [-0.3, -0.25) is 0 Å². The van der Waals surface area contributed by atoms with Crippen molar-refractivity contribution in [3.8, 4) is 0 Å². The molecule has 0 saturated carbocycles. The summed E-state index contributed by atoms with van der Waals surface area (Å²) < 4.78 is 13.6. The molecule has 1 aromatic carbocycles. The van der Waals surface area contributed by atoms with Crippen LogP contribution in [-0.2, 0) is 0 Å². The summed E-state index contributed by atoms with van der Waals surface area (Å²) in [5.74, 6) is -0.860. The molecule has 0 radical (unpaired) electrons. The van der Waals surface area contributed by atoms with Crippen LogP contribution in [0.15, 0.2) is 23.4 Å². The van der Waals surface area contributed by atoms with Gasteiger partial charge >= 0.3 is 6.03 Å². The Hall–Kier alpha value is -2.31. The number of urea groups is 1. The number of hydrogen-bond donors (Lipinski definition) is 4. The van der Waals surface area contributed by atoms with Crippen molar-refractivity contribution in [2.45, 2.75) is 13.3 Å². The number of benzene rings is 1. The lowest BCUT2D eigenvalue weighted by molar-refractivity contribution is 0.252. The summed E-state index contributed by atoms with van der Waals surface area (Å²) in [6, 6.07) is 3.37. The third-order valence-electron chi connectivity index (χ3n) is 2.16. The van der Waals surface area contributed by atoms with Gasteiger partial charge in [0.1, 0.15) is 5.82 Å². The van der Waals surface area contributed by atoms with Crippen LogP contribution in [0.5, 0.6) is 0 Å². The van der Waals surface area contributed by atoms with Crippen molar-refractivity contribution in [2.24, 2.45) is 10.9 Å². The Morgan fingerprint density at radius 3 is 2.83 bits per heavy atom. The average Bonchev–Trinajstić information content (AvgIpc) is 2.37. The highest BCUT2D eigenvalue weighted by atomic mass is 19.1. The maximum Gasteiger partial charge on any atom is 0.319 e. The van der Waals surface area contributed by atoms with Crippen LogP contribution in [0.4, 0.5) is 14.9 Å². The molecule has 0 aliphatic rings. The lowest BCUT2D eigenvalue weighted by Gasteiger charge is -2.08. The topological polar surface area (TPSA) is 99.7 Å². The van der Waals surface area contributed by atoms with E-state index in [9.17, 15) is 9.18 Å². The van der Waals surface area contributed by atoms with E-state index in [4.69, 9.17) is 10.9 Å². The fraction of sp³-hybridized carbons (Fsp3) is 0.273. The Balaban J connectivity index is 2.77. The third kappa shape index (κ3) is 3.62. The van der Waals surface area contributed by atoms with E-state index in [2.05, 4.69) is 15.8 Å². The van der Waals surface area contributed by atoms with E-state index in [0.717, 1.165) is 12.5 Å². The highest BCUT2D eigenvalue weighted by molar-refractivity contribution is 5.98. The number of hydrogen-bond acceptors (Lipinski definition) is 3. The average molecular weight is 254 g/mol. The molecule has 5 N–H and O–H groups in total. The number of nitrogens with one attached hydrogen (secondary N) is 2. The zero-order chi connectivity index (χ0) is 13.5. The minimum atomic E-state index is -0.661. The van der Waals surface area contributed by atoms with Gasteiger partial charge in [0.2, 0.25) is 0 Å². The third-order valence-corrected chi connectivity index (χ3v) is 2.16. The molecule has 0 spiro atoms. The molecule has 18 heavy (non-hydrogen) atoms. The smallest absolute Gasteiger partial charge is 0.319 e. The van der Waals surface area contributed by atoms with Crippen LogP contribution >= 0.6 is 0 Å². The Labute approximate surface area is 104 Å². The number of oxime groups is 1. The fourth-order valence-electron chi connectivity index (χ4n) is 1.24. The van der Waals surface area contributed by atoms with E-state index in [1.807, 2.05) is 6.92 Å². The number of nitrogens with two attached hydrogens (primary N) is 1. The normalized spacial score (nSPS) is 11.1. The number of halogens is 1. The molecule has 0 unspecified atom stereocenters. The Morgan fingerprint density at radius 1 is 1.56 bits per heavy atom. The number of nitrogens with zero attached hydrogens (tertiary/aromatic N) is 1. The minimum absolute atomic E-state index is 0.0260. The van der Waals surface area contributed by atoms with Gasteiger partial charge in [-0.2, -0.15) is 0 Å². The van der Waals surface area contributed by atoms with E-state index < -0.39 is 11.8 Å². The predicted molar refractivity (Wildman–Crippen MR) is 66.2 cm³/mol. The van der Waals surface area contributed by atoms with Gasteiger partial charge in [0.25, 0.3) is 0 Å². The Kier molecular flexibility index (Phi) is 4.91. The second kappa shape index (κ2) is 6.43. The first kappa shape index (κ1) is 13.8. The van der Waals surface area contributed by atoms with Gasteiger partial charge in [-0.1, -0.05) is 12.1 Å². The van der Waals surface area contributed by atoms with Crippen molar-refractivity contribution < 1.29 is 14.4 Å². The molecule has 0 heterocycles. The van der Waals surface area contributed by atoms with E-state index in [1.54, 1.807) is 0 Å². The first-order chi connectivity index (χ1) is 8.58. The van der Waals surface area contributed by atoms with Crippen LogP contribution in [0, 0.1) is 5.82 Å². The van der Waals surface area contributed by atoms with Crippen molar-refractivity contribution in [2.75, 3.05) is 11.9 Å². The molecule has 0 atom stereocenters. The van der Waals surface area contributed by atoms with Crippen LogP contribution in [0.25, 0.3) is 0 Å². The van der Waals surface area contributed by atoms with Crippen LogP contribution in [0.3, 0.4) is 0 Å². The first-order valence-corrected chi connectivity index (χ1v) is 5.40. The van der Waals surface area contributed by atoms with E-state index >= 15 is 0 Å². The molecular formula is C11H15FN4O2. The number of amides is 2. The SMILES string of the molecule is CCCNC(=O)Nc1ccc(/C(N)=N/O)cc1F. The Morgan fingerprint density at radius 2 is 2.28 bits per heavy atom. The summed E-state index contributed by atoms with van der Waals surface area (Å²) in [4.78, 5) is 11.3.